The van der Waals surface area contributed by atoms with E-state index in [4.69, 9.17) is 4.42 Å². The summed E-state index contributed by atoms with van der Waals surface area (Å²) in [5, 5.41) is 8.86. The molecule has 0 unspecified atom stereocenters. The molecule has 2 aromatic heterocycles. The summed E-state index contributed by atoms with van der Waals surface area (Å²) in [5.41, 5.74) is -0.355. The maximum atomic E-state index is 12.9. The fourth-order valence-corrected chi connectivity index (χ4v) is 2.17. The third-order valence-corrected chi connectivity index (χ3v) is 3.31. The van der Waals surface area contributed by atoms with E-state index in [0.717, 1.165) is 12.1 Å². The number of rotatable bonds is 4. The smallest absolute Gasteiger partial charge is 0.416 e. The van der Waals surface area contributed by atoms with E-state index in [1.165, 1.54) is 37.1 Å². The Kier molecular flexibility index (Phi) is 4.07. The van der Waals surface area contributed by atoms with Gasteiger partial charge in [-0.05, 0) is 23.8 Å². The second-order valence-electron chi connectivity index (χ2n) is 4.91. The first-order valence-electron chi connectivity index (χ1n) is 6.80. The Morgan fingerprint density at radius 3 is 2.75 bits per heavy atom. The van der Waals surface area contributed by atoms with Crippen molar-refractivity contribution in [3.05, 3.63) is 71.7 Å². The zero-order chi connectivity index (χ0) is 17.2. The van der Waals surface area contributed by atoms with Crippen LogP contribution in [0.15, 0.2) is 53.6 Å². The molecule has 2 heterocycles. The minimum absolute atomic E-state index is 0.214. The van der Waals surface area contributed by atoms with Crippen LogP contribution in [0.5, 0.6) is 0 Å². The summed E-state index contributed by atoms with van der Waals surface area (Å²) < 4.78 is 43.6. The predicted octanol–water partition coefficient (Wildman–Crippen LogP) is 2.94. The monoisotopic (exact) mass is 336 g/mol. The third-order valence-electron chi connectivity index (χ3n) is 3.31. The van der Waals surface area contributed by atoms with Crippen molar-refractivity contribution in [2.24, 2.45) is 0 Å². The summed E-state index contributed by atoms with van der Waals surface area (Å²) in [5.74, 6) is -0.297. The van der Waals surface area contributed by atoms with Crippen LogP contribution in [0, 0.1) is 0 Å². The molecule has 2 N–H and O–H groups in total. The third kappa shape index (κ3) is 3.29. The number of H-pyrrole nitrogens is 1. The molecule has 0 aliphatic rings. The van der Waals surface area contributed by atoms with Gasteiger partial charge >= 0.3 is 6.18 Å². The maximum Gasteiger partial charge on any atom is 0.416 e. The van der Waals surface area contributed by atoms with Gasteiger partial charge in [0.25, 0.3) is 5.91 Å². The molecule has 0 spiro atoms. The van der Waals surface area contributed by atoms with Crippen molar-refractivity contribution in [2.45, 2.75) is 12.2 Å². The molecule has 0 saturated carbocycles. The number of benzene rings is 1. The summed E-state index contributed by atoms with van der Waals surface area (Å²) in [6.07, 6.45) is -0.724. The summed E-state index contributed by atoms with van der Waals surface area (Å²) in [4.78, 5) is 16.1. The molecule has 0 aliphatic carbocycles. The van der Waals surface area contributed by atoms with Crippen molar-refractivity contribution in [1.82, 2.24) is 20.5 Å². The van der Waals surface area contributed by atoms with Gasteiger partial charge < -0.3 is 9.73 Å². The number of hydrogen-bond donors (Lipinski definition) is 2. The van der Waals surface area contributed by atoms with E-state index in [2.05, 4.69) is 20.5 Å². The van der Waals surface area contributed by atoms with Crippen molar-refractivity contribution in [2.75, 3.05) is 0 Å². The van der Waals surface area contributed by atoms with Gasteiger partial charge in [-0.3, -0.25) is 9.89 Å². The van der Waals surface area contributed by atoms with Crippen LogP contribution in [-0.4, -0.2) is 21.1 Å². The highest BCUT2D eigenvalue weighted by Gasteiger charge is 2.31. The number of aromatic amines is 1. The fourth-order valence-electron chi connectivity index (χ4n) is 2.17. The van der Waals surface area contributed by atoms with Crippen molar-refractivity contribution in [1.29, 1.82) is 0 Å². The van der Waals surface area contributed by atoms with E-state index in [1.54, 1.807) is 0 Å². The lowest BCUT2D eigenvalue weighted by Crippen LogP contribution is -2.30. The van der Waals surface area contributed by atoms with Gasteiger partial charge in [0, 0.05) is 0 Å². The standard InChI is InChI=1S/C15H11F3N4O2/c16-15(17,18)11-3-1-2-9(6-11)12(13-19-8-20-22-13)21-14(23)10-4-5-24-7-10/h1-8,12H,(H,21,23)(H,19,20,22)/t12-/m1/s1. The summed E-state index contributed by atoms with van der Waals surface area (Å²) in [6.45, 7) is 0. The van der Waals surface area contributed by atoms with E-state index in [9.17, 15) is 18.0 Å². The SMILES string of the molecule is O=C(N[C@H](c1cccc(C(F)(F)F)c1)c1ncn[nH]1)c1ccoc1. The number of aromatic nitrogens is 3. The highest BCUT2D eigenvalue weighted by atomic mass is 19.4. The number of nitrogens with zero attached hydrogens (tertiary/aromatic N) is 2. The van der Waals surface area contributed by atoms with Gasteiger partial charge in [0.05, 0.1) is 17.4 Å². The number of halogens is 3. The van der Waals surface area contributed by atoms with E-state index in [-0.39, 0.29) is 17.0 Å². The van der Waals surface area contributed by atoms with Crippen molar-refractivity contribution < 1.29 is 22.4 Å². The zero-order valence-corrected chi connectivity index (χ0v) is 12.0. The fraction of sp³-hybridized carbons (Fsp3) is 0.133. The summed E-state index contributed by atoms with van der Waals surface area (Å²) in [6, 6.07) is 5.18. The molecule has 0 fully saturated rings. The molecule has 0 saturated heterocycles. The molecule has 9 heteroatoms. The first-order valence-corrected chi connectivity index (χ1v) is 6.80. The van der Waals surface area contributed by atoms with Gasteiger partial charge in [-0.2, -0.15) is 18.3 Å². The molecule has 0 aliphatic heterocycles. The minimum atomic E-state index is -4.49. The Morgan fingerprint density at radius 1 is 1.29 bits per heavy atom. The van der Waals surface area contributed by atoms with E-state index in [0.29, 0.717) is 0 Å². The average Bonchev–Trinajstić information content (AvgIpc) is 3.25. The summed E-state index contributed by atoms with van der Waals surface area (Å²) in [7, 11) is 0. The Morgan fingerprint density at radius 2 is 2.12 bits per heavy atom. The first kappa shape index (κ1) is 15.8. The highest BCUT2D eigenvalue weighted by Crippen LogP contribution is 2.31. The molecule has 3 aromatic rings. The topological polar surface area (TPSA) is 83.8 Å². The van der Waals surface area contributed by atoms with Crippen LogP contribution >= 0.6 is 0 Å². The largest absolute Gasteiger partial charge is 0.472 e. The molecule has 124 valence electrons. The van der Waals surface area contributed by atoms with Crippen LogP contribution < -0.4 is 5.32 Å². The van der Waals surface area contributed by atoms with Crippen LogP contribution in [0.25, 0.3) is 0 Å². The Balaban J connectivity index is 1.96. The van der Waals surface area contributed by atoms with Crippen LogP contribution in [0.4, 0.5) is 13.2 Å². The number of carbonyl (C=O) groups is 1. The Labute approximate surface area is 133 Å². The zero-order valence-electron chi connectivity index (χ0n) is 12.0. The molecule has 1 aromatic carbocycles. The quantitative estimate of drug-likeness (QED) is 0.767. The van der Waals surface area contributed by atoms with Crippen LogP contribution in [0.2, 0.25) is 0 Å². The van der Waals surface area contributed by atoms with E-state index in [1.807, 2.05) is 0 Å². The van der Waals surface area contributed by atoms with Gasteiger partial charge in [-0.25, -0.2) is 4.98 Å². The average molecular weight is 336 g/mol. The van der Waals surface area contributed by atoms with Crippen molar-refractivity contribution >= 4 is 5.91 Å². The van der Waals surface area contributed by atoms with Crippen molar-refractivity contribution in [3.8, 4) is 0 Å². The lowest BCUT2D eigenvalue weighted by molar-refractivity contribution is -0.137. The molecule has 1 atom stereocenters. The highest BCUT2D eigenvalue weighted by molar-refractivity contribution is 5.94. The molecule has 0 radical (unpaired) electrons. The van der Waals surface area contributed by atoms with Crippen molar-refractivity contribution in [3.63, 3.8) is 0 Å². The molecule has 0 bridgehead atoms. The number of hydrogen-bond acceptors (Lipinski definition) is 4. The Bertz CT molecular complexity index is 814. The second kappa shape index (κ2) is 6.19. The number of alkyl halides is 3. The molecule has 6 nitrogen and oxygen atoms in total. The Hall–Kier alpha value is -3.10. The molecule has 24 heavy (non-hydrogen) atoms. The number of nitrogens with one attached hydrogen (secondary N) is 2. The van der Waals surface area contributed by atoms with Crippen LogP contribution in [0.3, 0.4) is 0 Å². The van der Waals surface area contributed by atoms with E-state index >= 15 is 0 Å². The van der Waals surface area contributed by atoms with Gasteiger partial charge in [-0.15, -0.1) is 0 Å². The predicted molar refractivity (Wildman–Crippen MR) is 75.8 cm³/mol. The van der Waals surface area contributed by atoms with Gasteiger partial charge in [0.1, 0.15) is 18.6 Å². The molecular formula is C15H11F3N4O2. The molecule has 1 amide bonds. The normalized spacial score (nSPS) is 12.8. The number of furan rings is 1. The number of carbonyl (C=O) groups excluding carboxylic acids is 1. The second-order valence-corrected chi connectivity index (χ2v) is 4.91. The number of amides is 1. The molecule has 3 rings (SSSR count). The molecular weight excluding hydrogens is 325 g/mol. The first-order chi connectivity index (χ1) is 11.4. The van der Waals surface area contributed by atoms with Gasteiger partial charge in [-0.1, -0.05) is 12.1 Å². The van der Waals surface area contributed by atoms with Gasteiger partial charge in [0.15, 0.2) is 5.82 Å². The lowest BCUT2D eigenvalue weighted by atomic mass is 10.0. The van der Waals surface area contributed by atoms with E-state index < -0.39 is 23.7 Å². The van der Waals surface area contributed by atoms with Gasteiger partial charge in [0.2, 0.25) is 0 Å². The summed E-state index contributed by atoms with van der Waals surface area (Å²) >= 11 is 0. The minimum Gasteiger partial charge on any atom is -0.472 e. The maximum absolute atomic E-state index is 12.9. The van der Waals surface area contributed by atoms with Crippen LogP contribution in [0.1, 0.15) is 33.4 Å². The van der Waals surface area contributed by atoms with Crippen LogP contribution in [-0.2, 0) is 6.18 Å². The lowest BCUT2D eigenvalue weighted by Gasteiger charge is -2.18.